The highest BCUT2D eigenvalue weighted by molar-refractivity contribution is 5.94. The molecule has 1 fully saturated rings. The zero-order valence-electron chi connectivity index (χ0n) is 15.0. The monoisotopic (exact) mass is 353 g/mol. The molecule has 0 aromatic carbocycles. The Morgan fingerprint density at radius 1 is 1.27 bits per heavy atom. The van der Waals surface area contributed by atoms with Crippen molar-refractivity contribution in [2.45, 2.75) is 45.3 Å². The number of amides is 2. The zero-order valence-corrected chi connectivity index (χ0v) is 15.0. The fourth-order valence-electron chi connectivity index (χ4n) is 3.77. The van der Waals surface area contributed by atoms with Crippen LogP contribution >= 0.6 is 0 Å². The van der Waals surface area contributed by atoms with E-state index in [4.69, 9.17) is 0 Å². The van der Waals surface area contributed by atoms with Crippen LogP contribution in [0, 0.1) is 6.92 Å². The minimum Gasteiger partial charge on any atom is -0.341 e. The van der Waals surface area contributed by atoms with Crippen LogP contribution in [0.4, 0.5) is 0 Å². The quantitative estimate of drug-likeness (QED) is 0.841. The number of aryl methyl sites for hydroxylation is 2. The molecule has 2 aromatic rings. The third kappa shape index (κ3) is 3.21. The predicted molar refractivity (Wildman–Crippen MR) is 95.3 cm³/mol. The van der Waals surface area contributed by atoms with Gasteiger partial charge >= 0.3 is 0 Å². The summed E-state index contributed by atoms with van der Waals surface area (Å²) in [5.74, 6) is 0.153. The maximum absolute atomic E-state index is 13.2. The van der Waals surface area contributed by atoms with Crippen LogP contribution in [0.2, 0.25) is 0 Å². The van der Waals surface area contributed by atoms with Crippen molar-refractivity contribution in [1.82, 2.24) is 24.6 Å². The summed E-state index contributed by atoms with van der Waals surface area (Å²) in [5, 5.41) is 4.36. The van der Waals surface area contributed by atoms with Crippen LogP contribution in [-0.4, -0.2) is 55.5 Å². The van der Waals surface area contributed by atoms with E-state index in [0.29, 0.717) is 25.1 Å². The number of nitrogens with zero attached hydrogens (tertiary/aromatic N) is 5. The highest BCUT2D eigenvalue weighted by atomic mass is 16.2. The number of fused-ring (bicyclic) bond motifs is 1. The summed E-state index contributed by atoms with van der Waals surface area (Å²) in [6, 6.07) is 5.61. The summed E-state index contributed by atoms with van der Waals surface area (Å²) in [5.41, 5.74) is 2.49. The van der Waals surface area contributed by atoms with Crippen LogP contribution in [0.5, 0.6) is 0 Å². The molecule has 4 heterocycles. The van der Waals surface area contributed by atoms with Gasteiger partial charge in [0.2, 0.25) is 5.91 Å². The molecule has 0 saturated carbocycles. The summed E-state index contributed by atoms with van der Waals surface area (Å²) in [6.45, 7) is 4.54. The zero-order chi connectivity index (χ0) is 18.1. The molecule has 2 aromatic heterocycles. The lowest BCUT2D eigenvalue weighted by molar-refractivity contribution is -0.128. The fraction of sp³-hybridized carbons (Fsp3) is 0.474. The van der Waals surface area contributed by atoms with E-state index < -0.39 is 0 Å². The van der Waals surface area contributed by atoms with E-state index in [1.54, 1.807) is 12.4 Å². The smallest absolute Gasteiger partial charge is 0.256 e. The third-order valence-corrected chi connectivity index (χ3v) is 5.27. The molecule has 0 N–H and O–H groups in total. The molecule has 0 aliphatic carbocycles. The summed E-state index contributed by atoms with van der Waals surface area (Å²) in [4.78, 5) is 33.3. The normalized spacial score (nSPS) is 20.2. The molecule has 0 unspecified atom stereocenters. The van der Waals surface area contributed by atoms with Gasteiger partial charge in [0.15, 0.2) is 0 Å². The topological polar surface area (TPSA) is 71.3 Å². The molecule has 26 heavy (non-hydrogen) atoms. The first kappa shape index (κ1) is 16.8. The van der Waals surface area contributed by atoms with Crippen molar-refractivity contribution in [2.24, 2.45) is 0 Å². The van der Waals surface area contributed by atoms with Gasteiger partial charge in [-0.1, -0.05) is 0 Å². The van der Waals surface area contributed by atoms with Crippen LogP contribution in [0.1, 0.15) is 41.0 Å². The molecule has 1 saturated heterocycles. The number of hydrogen-bond acceptors (Lipinski definition) is 4. The average Bonchev–Trinajstić information content (AvgIpc) is 3.21. The van der Waals surface area contributed by atoms with Crippen molar-refractivity contribution in [3.63, 3.8) is 0 Å². The van der Waals surface area contributed by atoms with Gasteiger partial charge < -0.3 is 9.80 Å². The van der Waals surface area contributed by atoms with E-state index in [1.807, 2.05) is 39.6 Å². The van der Waals surface area contributed by atoms with E-state index in [1.165, 1.54) is 0 Å². The van der Waals surface area contributed by atoms with Crippen molar-refractivity contribution in [3.8, 4) is 0 Å². The van der Waals surface area contributed by atoms with E-state index in [-0.39, 0.29) is 17.9 Å². The molecular weight excluding hydrogens is 330 g/mol. The number of carbonyl (C=O) groups excluding carboxylic acids is 2. The standard InChI is InChI=1S/C19H23N5O2/c1-14-4-5-15(11-20-14)19(26)23-13-17-6-8-21-24(17)10-7-16(23)12-22-9-2-3-18(22)25/h4-6,8,11,16H,2-3,7,9-10,12-13H2,1H3/t16-/m1/s1. The summed E-state index contributed by atoms with van der Waals surface area (Å²) < 4.78 is 1.96. The van der Waals surface area contributed by atoms with Gasteiger partial charge in [-0.3, -0.25) is 19.3 Å². The third-order valence-electron chi connectivity index (χ3n) is 5.27. The molecule has 7 nitrogen and oxygen atoms in total. The van der Waals surface area contributed by atoms with Crippen LogP contribution in [0.3, 0.4) is 0 Å². The lowest BCUT2D eigenvalue weighted by Crippen LogP contribution is -2.46. The first-order chi connectivity index (χ1) is 12.6. The lowest BCUT2D eigenvalue weighted by atomic mass is 10.1. The Hall–Kier alpha value is -2.70. The minimum absolute atomic E-state index is 0.0208. The maximum atomic E-state index is 13.2. The second-order valence-electron chi connectivity index (χ2n) is 7.05. The molecule has 1 atom stereocenters. The maximum Gasteiger partial charge on any atom is 0.256 e. The van der Waals surface area contributed by atoms with Gasteiger partial charge in [0.25, 0.3) is 5.91 Å². The van der Waals surface area contributed by atoms with E-state index in [2.05, 4.69) is 10.1 Å². The molecular formula is C19H23N5O2. The van der Waals surface area contributed by atoms with E-state index >= 15 is 0 Å². The summed E-state index contributed by atoms with van der Waals surface area (Å²) in [6.07, 6.45) is 5.71. The van der Waals surface area contributed by atoms with E-state index in [0.717, 1.165) is 37.3 Å². The molecule has 0 spiro atoms. The molecule has 136 valence electrons. The minimum atomic E-state index is -0.0382. The number of pyridine rings is 1. The van der Waals surface area contributed by atoms with Gasteiger partial charge in [0.1, 0.15) is 0 Å². The Kier molecular flexibility index (Phi) is 4.44. The predicted octanol–water partition coefficient (Wildman–Crippen LogP) is 1.62. The Labute approximate surface area is 152 Å². The van der Waals surface area contributed by atoms with Gasteiger partial charge in [-0.05, 0) is 38.0 Å². The number of rotatable bonds is 3. The SMILES string of the molecule is Cc1ccc(C(=O)N2Cc3ccnn3CC[C@@H]2CN2CCCC2=O)cn1. The Bertz CT molecular complexity index is 814. The molecule has 2 amide bonds. The van der Waals surface area contributed by atoms with E-state index in [9.17, 15) is 9.59 Å². The molecule has 2 aliphatic rings. The highest BCUT2D eigenvalue weighted by Gasteiger charge is 2.32. The van der Waals surface area contributed by atoms with Crippen molar-refractivity contribution in [2.75, 3.05) is 13.1 Å². The van der Waals surface area contributed by atoms with Gasteiger partial charge in [-0.15, -0.1) is 0 Å². The van der Waals surface area contributed by atoms with Crippen LogP contribution in [0.15, 0.2) is 30.6 Å². The molecule has 0 radical (unpaired) electrons. The van der Waals surface area contributed by atoms with Crippen LogP contribution in [-0.2, 0) is 17.9 Å². The van der Waals surface area contributed by atoms with Gasteiger partial charge in [-0.2, -0.15) is 5.10 Å². The number of likely N-dealkylation sites (tertiary alicyclic amines) is 1. The molecule has 7 heteroatoms. The van der Waals surface area contributed by atoms with Crippen LogP contribution in [0.25, 0.3) is 0 Å². The van der Waals surface area contributed by atoms with Crippen molar-refractivity contribution in [1.29, 1.82) is 0 Å². The fourth-order valence-corrected chi connectivity index (χ4v) is 3.77. The van der Waals surface area contributed by atoms with Gasteiger partial charge in [0, 0.05) is 44.1 Å². The van der Waals surface area contributed by atoms with Crippen molar-refractivity contribution < 1.29 is 9.59 Å². The Morgan fingerprint density at radius 2 is 2.15 bits per heavy atom. The van der Waals surface area contributed by atoms with Gasteiger partial charge in [-0.25, -0.2) is 0 Å². The van der Waals surface area contributed by atoms with Crippen molar-refractivity contribution >= 4 is 11.8 Å². The molecule has 4 rings (SSSR count). The first-order valence-corrected chi connectivity index (χ1v) is 9.14. The van der Waals surface area contributed by atoms with Crippen LogP contribution < -0.4 is 0 Å². The van der Waals surface area contributed by atoms with Crippen molar-refractivity contribution in [3.05, 3.63) is 47.5 Å². The first-order valence-electron chi connectivity index (χ1n) is 9.14. The number of aromatic nitrogens is 3. The highest BCUT2D eigenvalue weighted by Crippen LogP contribution is 2.22. The van der Waals surface area contributed by atoms with Gasteiger partial charge in [0.05, 0.1) is 23.8 Å². The largest absolute Gasteiger partial charge is 0.341 e. The Morgan fingerprint density at radius 3 is 2.88 bits per heavy atom. The number of hydrogen-bond donors (Lipinski definition) is 0. The average molecular weight is 353 g/mol. The summed E-state index contributed by atoms with van der Waals surface area (Å²) >= 11 is 0. The molecule has 0 bridgehead atoms. The summed E-state index contributed by atoms with van der Waals surface area (Å²) in [7, 11) is 0. The lowest BCUT2D eigenvalue weighted by Gasteiger charge is -2.32. The number of carbonyl (C=O) groups is 2. The second kappa shape index (κ2) is 6.90. The Balaban J connectivity index is 1.61. The molecule has 2 aliphatic heterocycles. The second-order valence-corrected chi connectivity index (χ2v) is 7.05.